The summed E-state index contributed by atoms with van der Waals surface area (Å²) < 4.78 is 76.5. The average molecular weight is 562 g/mol. The molecule has 0 aliphatic heterocycles. The van der Waals surface area contributed by atoms with E-state index in [1.165, 1.54) is 25.3 Å². The third-order valence-electron chi connectivity index (χ3n) is 6.07. The fourth-order valence-electron chi connectivity index (χ4n) is 4.46. The number of alkyl halides is 3. The maximum atomic E-state index is 14.9. The molecule has 0 bridgehead atoms. The highest BCUT2D eigenvalue weighted by Crippen LogP contribution is 2.49. The molecule has 1 heterocycles. The molecule has 39 heavy (non-hydrogen) atoms. The van der Waals surface area contributed by atoms with Gasteiger partial charge in [-0.3, -0.25) is 19.1 Å². The van der Waals surface area contributed by atoms with E-state index in [2.05, 4.69) is 4.72 Å². The zero-order chi connectivity index (χ0) is 28.9. The minimum Gasteiger partial charge on any atom is -0.496 e. The number of hydrogen-bond donors (Lipinski definition) is 2. The van der Waals surface area contributed by atoms with Crippen LogP contribution in [0.25, 0.3) is 27.6 Å². The Morgan fingerprint density at radius 2 is 1.59 bits per heavy atom. The molecule has 0 radical (unpaired) electrons. The van der Waals surface area contributed by atoms with Gasteiger partial charge in [0.05, 0.1) is 24.6 Å². The lowest BCUT2D eigenvalue weighted by Gasteiger charge is -2.29. The van der Waals surface area contributed by atoms with Gasteiger partial charge < -0.3 is 4.74 Å². The predicted molar refractivity (Wildman–Crippen MR) is 144 cm³/mol. The van der Waals surface area contributed by atoms with Crippen molar-refractivity contribution in [3.8, 4) is 22.6 Å². The van der Waals surface area contributed by atoms with Crippen molar-refractivity contribution in [2.24, 2.45) is 0 Å². The van der Waals surface area contributed by atoms with Gasteiger partial charge in [-0.05, 0) is 46.0 Å². The van der Waals surface area contributed by atoms with Gasteiger partial charge in [-0.15, -0.1) is 0 Å². The molecule has 0 saturated heterocycles. The summed E-state index contributed by atoms with van der Waals surface area (Å²) in [4.78, 5) is 26.3. The number of methoxy groups -OCH3 is 1. The van der Waals surface area contributed by atoms with Gasteiger partial charge in [0.15, 0.2) is 0 Å². The standard InChI is InChI=1S/C27H26F3N3O5S/c1-26(2,3)19-14-20(33-11-10-21(34)31-25(33)35)23(27(28,29)30)22(24(19)38-4)17-7-6-16-13-18(32-39(5,36)37)9-8-15(16)12-17/h6-14,32H,1-5H3,(H,31,34,35). The molecule has 0 amide bonds. The summed E-state index contributed by atoms with van der Waals surface area (Å²) in [6.07, 6.45) is -2.91. The fourth-order valence-corrected chi connectivity index (χ4v) is 5.01. The molecule has 3 aromatic carbocycles. The third kappa shape index (κ3) is 5.70. The Hall–Kier alpha value is -4.06. The molecule has 8 nitrogen and oxygen atoms in total. The van der Waals surface area contributed by atoms with Crippen LogP contribution in [0.3, 0.4) is 0 Å². The largest absolute Gasteiger partial charge is 0.496 e. The van der Waals surface area contributed by atoms with Gasteiger partial charge in [-0.2, -0.15) is 13.2 Å². The number of nitrogens with zero attached hydrogens (tertiary/aromatic N) is 1. The number of anilines is 1. The summed E-state index contributed by atoms with van der Waals surface area (Å²) in [7, 11) is -2.24. The number of rotatable bonds is 5. The zero-order valence-corrected chi connectivity index (χ0v) is 22.5. The smallest absolute Gasteiger partial charge is 0.419 e. The van der Waals surface area contributed by atoms with Crippen LogP contribution in [-0.4, -0.2) is 31.3 Å². The average Bonchev–Trinajstić information content (AvgIpc) is 2.80. The molecule has 1 aromatic heterocycles. The third-order valence-corrected chi connectivity index (χ3v) is 6.68. The van der Waals surface area contributed by atoms with Crippen molar-refractivity contribution < 1.29 is 26.3 Å². The first kappa shape index (κ1) is 28.0. The van der Waals surface area contributed by atoms with Crippen LogP contribution in [0.1, 0.15) is 31.9 Å². The van der Waals surface area contributed by atoms with Gasteiger partial charge in [0, 0.05) is 29.1 Å². The maximum absolute atomic E-state index is 14.9. The minimum atomic E-state index is -4.93. The van der Waals surface area contributed by atoms with Crippen molar-refractivity contribution in [3.63, 3.8) is 0 Å². The Labute approximate surface area is 222 Å². The minimum absolute atomic E-state index is 0.00855. The normalized spacial score (nSPS) is 12.5. The van der Waals surface area contributed by atoms with Gasteiger partial charge in [-0.1, -0.05) is 39.0 Å². The Morgan fingerprint density at radius 3 is 2.15 bits per heavy atom. The van der Waals surface area contributed by atoms with Crippen LogP contribution in [0, 0.1) is 0 Å². The van der Waals surface area contributed by atoms with E-state index in [9.17, 15) is 31.2 Å². The van der Waals surface area contributed by atoms with E-state index in [1.807, 2.05) is 4.98 Å². The number of H-pyrrole nitrogens is 1. The summed E-state index contributed by atoms with van der Waals surface area (Å²) in [5.74, 6) is -0.00855. The van der Waals surface area contributed by atoms with Crippen LogP contribution in [0.4, 0.5) is 18.9 Å². The van der Waals surface area contributed by atoms with Gasteiger partial charge in [0.1, 0.15) is 5.75 Å². The Bertz CT molecular complexity index is 1820. The lowest BCUT2D eigenvalue weighted by atomic mass is 9.81. The van der Waals surface area contributed by atoms with Gasteiger partial charge in [0.2, 0.25) is 10.0 Å². The highest BCUT2D eigenvalue weighted by atomic mass is 32.2. The fraction of sp³-hybridized carbons (Fsp3) is 0.259. The molecule has 206 valence electrons. The molecule has 0 saturated carbocycles. The summed E-state index contributed by atoms with van der Waals surface area (Å²) in [6.45, 7) is 5.41. The lowest BCUT2D eigenvalue weighted by Crippen LogP contribution is -2.30. The number of halogens is 3. The van der Waals surface area contributed by atoms with Gasteiger partial charge in [0.25, 0.3) is 5.56 Å². The molecule has 0 aliphatic carbocycles. The molecule has 2 N–H and O–H groups in total. The molecule has 0 unspecified atom stereocenters. The molecule has 4 rings (SSSR count). The second kappa shape index (κ2) is 9.60. The van der Waals surface area contributed by atoms with E-state index in [-0.39, 0.29) is 16.9 Å². The number of sulfonamides is 1. The number of benzene rings is 3. The Balaban J connectivity index is 2.12. The van der Waals surface area contributed by atoms with Crippen LogP contribution in [0.5, 0.6) is 5.75 Å². The van der Waals surface area contributed by atoms with E-state index in [0.29, 0.717) is 22.0 Å². The maximum Gasteiger partial charge on any atom is 0.419 e. The summed E-state index contributed by atoms with van der Waals surface area (Å²) in [6, 6.07) is 11.5. The molecule has 0 aliphatic rings. The number of ether oxygens (including phenoxy) is 1. The van der Waals surface area contributed by atoms with Crippen molar-refractivity contribution in [2.75, 3.05) is 18.1 Å². The number of nitrogens with one attached hydrogen (secondary N) is 2. The van der Waals surface area contributed by atoms with Gasteiger partial charge >= 0.3 is 11.9 Å². The monoisotopic (exact) mass is 561 g/mol. The lowest BCUT2D eigenvalue weighted by molar-refractivity contribution is -0.137. The molecular weight excluding hydrogens is 535 g/mol. The quantitative estimate of drug-likeness (QED) is 0.355. The predicted octanol–water partition coefficient (Wildman–Crippen LogP) is 5.04. The highest BCUT2D eigenvalue weighted by Gasteiger charge is 2.41. The number of aromatic amines is 1. The van der Waals surface area contributed by atoms with E-state index < -0.39 is 44.1 Å². The molecule has 12 heteroatoms. The second-order valence-corrected chi connectivity index (χ2v) is 11.9. The SMILES string of the molecule is COc1c(C(C)(C)C)cc(-n2ccc(=O)[nH]c2=O)c(C(F)(F)F)c1-c1ccc2cc(NS(C)(=O)=O)ccc2c1. The van der Waals surface area contributed by atoms with Gasteiger partial charge in [-0.25, -0.2) is 13.2 Å². The number of fused-ring (bicyclic) bond motifs is 1. The van der Waals surface area contributed by atoms with Crippen molar-refractivity contribution in [1.82, 2.24) is 9.55 Å². The van der Waals surface area contributed by atoms with Crippen LogP contribution in [-0.2, 0) is 21.6 Å². The molecular formula is C27H26F3N3O5S. The topological polar surface area (TPSA) is 110 Å². The van der Waals surface area contributed by atoms with Crippen LogP contribution < -0.4 is 20.7 Å². The first-order valence-electron chi connectivity index (χ1n) is 11.7. The van der Waals surface area contributed by atoms with Crippen molar-refractivity contribution in [3.05, 3.63) is 86.7 Å². The Morgan fingerprint density at radius 1 is 0.949 bits per heavy atom. The zero-order valence-electron chi connectivity index (χ0n) is 21.7. The van der Waals surface area contributed by atoms with E-state index in [1.54, 1.807) is 45.0 Å². The number of hydrogen-bond acceptors (Lipinski definition) is 5. The van der Waals surface area contributed by atoms with Crippen LogP contribution in [0.15, 0.2) is 64.3 Å². The summed E-state index contributed by atoms with van der Waals surface area (Å²) in [5.41, 5.74) is -3.43. The summed E-state index contributed by atoms with van der Waals surface area (Å²) >= 11 is 0. The molecule has 0 spiro atoms. The second-order valence-electron chi connectivity index (χ2n) is 10.1. The molecule has 4 aromatic rings. The van der Waals surface area contributed by atoms with Crippen molar-refractivity contribution >= 4 is 26.5 Å². The Kier molecular flexibility index (Phi) is 6.88. The van der Waals surface area contributed by atoms with Crippen molar-refractivity contribution in [2.45, 2.75) is 32.4 Å². The first-order valence-corrected chi connectivity index (χ1v) is 13.6. The highest BCUT2D eigenvalue weighted by molar-refractivity contribution is 7.92. The molecule has 0 atom stereocenters. The van der Waals surface area contributed by atoms with Crippen LogP contribution in [0.2, 0.25) is 0 Å². The number of aromatic nitrogens is 2. The summed E-state index contributed by atoms with van der Waals surface area (Å²) in [5, 5.41) is 1.13. The van der Waals surface area contributed by atoms with E-state index >= 15 is 0 Å². The van der Waals surface area contributed by atoms with E-state index in [0.717, 1.165) is 23.1 Å². The first-order chi connectivity index (χ1) is 18.0. The van der Waals surface area contributed by atoms with E-state index in [4.69, 9.17) is 4.74 Å². The van der Waals surface area contributed by atoms with Crippen molar-refractivity contribution in [1.29, 1.82) is 0 Å². The van der Waals surface area contributed by atoms with Crippen LogP contribution >= 0.6 is 0 Å². The molecule has 0 fully saturated rings.